The summed E-state index contributed by atoms with van der Waals surface area (Å²) >= 11 is 6.01. The molecule has 3 unspecified atom stereocenters. The first-order valence-electron chi connectivity index (χ1n) is 10.6. The fourth-order valence-corrected chi connectivity index (χ4v) is 5.66. The molecule has 164 valence electrons. The summed E-state index contributed by atoms with van der Waals surface area (Å²) in [6.07, 6.45) is 5.75. The van der Waals surface area contributed by atoms with Gasteiger partial charge >= 0.3 is 0 Å². The van der Waals surface area contributed by atoms with E-state index in [0.717, 1.165) is 44.0 Å². The number of rotatable bonds is 3. The van der Waals surface area contributed by atoms with Crippen molar-refractivity contribution in [1.82, 2.24) is 9.80 Å². The van der Waals surface area contributed by atoms with E-state index in [1.165, 1.54) is 24.8 Å². The smallest absolute Gasteiger partial charge is 0.225 e. The third-order valence-electron chi connectivity index (χ3n) is 7.29. The van der Waals surface area contributed by atoms with E-state index in [2.05, 4.69) is 28.9 Å². The maximum Gasteiger partial charge on any atom is 0.225 e. The van der Waals surface area contributed by atoms with Gasteiger partial charge in [-0.25, -0.2) is 0 Å². The first kappa shape index (κ1) is 24.7. The highest BCUT2D eigenvalue weighted by Gasteiger charge is 2.42. The molecule has 29 heavy (non-hydrogen) atoms. The molecule has 1 aromatic rings. The molecular weight excluding hydrogens is 429 g/mol. The molecule has 1 amide bonds. The largest absolute Gasteiger partial charge is 0.340 e. The van der Waals surface area contributed by atoms with E-state index < -0.39 is 0 Å². The van der Waals surface area contributed by atoms with E-state index in [9.17, 15) is 4.79 Å². The van der Waals surface area contributed by atoms with E-state index in [1.54, 1.807) is 0 Å². The molecular formula is C22H34Cl3N3O. The Morgan fingerprint density at radius 2 is 1.59 bits per heavy atom. The van der Waals surface area contributed by atoms with Crippen LogP contribution in [0.2, 0.25) is 5.02 Å². The topological polar surface area (TPSA) is 49.6 Å². The Morgan fingerprint density at radius 3 is 2.14 bits per heavy atom. The van der Waals surface area contributed by atoms with Gasteiger partial charge in [0.2, 0.25) is 5.91 Å². The highest BCUT2D eigenvalue weighted by Crippen LogP contribution is 2.42. The molecule has 0 aromatic heterocycles. The van der Waals surface area contributed by atoms with Gasteiger partial charge in [-0.1, -0.05) is 30.2 Å². The normalized spacial score (nSPS) is 30.7. The predicted octanol–water partition coefficient (Wildman–Crippen LogP) is 4.54. The van der Waals surface area contributed by atoms with Crippen LogP contribution >= 0.6 is 36.4 Å². The van der Waals surface area contributed by atoms with Gasteiger partial charge in [-0.2, -0.15) is 0 Å². The summed E-state index contributed by atoms with van der Waals surface area (Å²) < 4.78 is 0. The zero-order valence-corrected chi connectivity index (χ0v) is 19.5. The molecule has 4 nitrogen and oxygen atoms in total. The molecule has 0 spiro atoms. The second kappa shape index (κ2) is 10.7. The molecule has 1 heterocycles. The van der Waals surface area contributed by atoms with Crippen molar-refractivity contribution < 1.29 is 4.79 Å². The zero-order valence-electron chi connectivity index (χ0n) is 17.1. The van der Waals surface area contributed by atoms with Gasteiger partial charge in [-0.15, -0.1) is 24.8 Å². The number of benzene rings is 1. The molecule has 4 rings (SSSR count). The third-order valence-corrected chi connectivity index (χ3v) is 7.54. The molecule has 1 saturated heterocycles. The average Bonchev–Trinajstić information content (AvgIpc) is 2.67. The van der Waals surface area contributed by atoms with Gasteiger partial charge < -0.3 is 10.6 Å². The molecule has 3 fully saturated rings. The van der Waals surface area contributed by atoms with Crippen LogP contribution in [0, 0.1) is 17.8 Å². The lowest BCUT2D eigenvalue weighted by atomic mass is 9.65. The fraction of sp³-hybridized carbons (Fsp3) is 0.682. The van der Waals surface area contributed by atoms with Crippen LogP contribution in [-0.2, 0) is 4.79 Å². The number of nitrogens with two attached hydrogens (primary N) is 1. The zero-order chi connectivity index (χ0) is 19.0. The molecule has 2 saturated carbocycles. The van der Waals surface area contributed by atoms with Gasteiger partial charge in [-0.05, 0) is 62.1 Å². The second-order valence-corrected chi connectivity index (χ2v) is 9.22. The lowest BCUT2D eigenvalue weighted by Gasteiger charge is -2.45. The molecule has 0 radical (unpaired) electrons. The summed E-state index contributed by atoms with van der Waals surface area (Å²) in [4.78, 5) is 17.7. The first-order valence-corrected chi connectivity index (χ1v) is 10.9. The van der Waals surface area contributed by atoms with Gasteiger partial charge in [0.25, 0.3) is 0 Å². The lowest BCUT2D eigenvalue weighted by Crippen LogP contribution is -2.53. The maximum absolute atomic E-state index is 13.1. The van der Waals surface area contributed by atoms with Crippen LogP contribution in [-0.4, -0.2) is 47.9 Å². The maximum atomic E-state index is 13.1. The Balaban J connectivity index is 0.00000150. The average molecular weight is 463 g/mol. The van der Waals surface area contributed by atoms with Crippen molar-refractivity contribution in [1.29, 1.82) is 0 Å². The van der Waals surface area contributed by atoms with Crippen LogP contribution in [0.3, 0.4) is 0 Å². The Kier molecular flexibility index (Phi) is 9.11. The standard InChI is InChI=1S/C22H32ClN3O.2ClH/c1-15(16-5-7-20(23)8-6-16)25-9-11-26(12-10-25)22(27)19-13-17-3-2-4-18(14-19)21(17)24;;/h5-8,15,17-19,21H,2-4,9-14,24H2,1H3;2*1H. The van der Waals surface area contributed by atoms with Crippen LogP contribution in [0.25, 0.3) is 0 Å². The van der Waals surface area contributed by atoms with E-state index in [0.29, 0.717) is 29.8 Å². The van der Waals surface area contributed by atoms with Crippen molar-refractivity contribution in [3.05, 3.63) is 34.9 Å². The third kappa shape index (κ3) is 5.40. The Bertz CT molecular complexity index is 650. The molecule has 3 aliphatic rings. The van der Waals surface area contributed by atoms with Crippen molar-refractivity contribution in [3.63, 3.8) is 0 Å². The predicted molar refractivity (Wildman–Crippen MR) is 124 cm³/mol. The highest BCUT2D eigenvalue weighted by atomic mass is 35.5. The van der Waals surface area contributed by atoms with Crippen molar-refractivity contribution in [2.45, 2.75) is 51.1 Å². The summed E-state index contributed by atoms with van der Waals surface area (Å²) in [5, 5.41) is 0.776. The van der Waals surface area contributed by atoms with Crippen molar-refractivity contribution in [2.24, 2.45) is 23.5 Å². The molecule has 7 heteroatoms. The minimum Gasteiger partial charge on any atom is -0.340 e. The van der Waals surface area contributed by atoms with Crippen LogP contribution in [0.5, 0.6) is 0 Å². The SMILES string of the molecule is CC(c1ccc(Cl)cc1)N1CCN(C(=O)C2CC3CCCC(C2)C3N)CC1.Cl.Cl. The van der Waals surface area contributed by atoms with E-state index in [4.69, 9.17) is 17.3 Å². The number of hydrogen-bond donors (Lipinski definition) is 1. The van der Waals surface area contributed by atoms with Gasteiger partial charge in [-0.3, -0.25) is 9.69 Å². The van der Waals surface area contributed by atoms with Crippen molar-refractivity contribution in [2.75, 3.05) is 26.2 Å². The quantitative estimate of drug-likeness (QED) is 0.717. The van der Waals surface area contributed by atoms with Gasteiger partial charge in [0.1, 0.15) is 0 Å². The van der Waals surface area contributed by atoms with E-state index >= 15 is 0 Å². The number of piperazine rings is 1. The number of fused-ring (bicyclic) bond motifs is 2. The van der Waals surface area contributed by atoms with Crippen LogP contribution in [0.15, 0.2) is 24.3 Å². The Morgan fingerprint density at radius 1 is 1.03 bits per heavy atom. The summed E-state index contributed by atoms with van der Waals surface area (Å²) in [6, 6.07) is 8.81. The number of carbonyl (C=O) groups excluding carboxylic acids is 1. The van der Waals surface area contributed by atoms with E-state index in [1.807, 2.05) is 12.1 Å². The van der Waals surface area contributed by atoms with Crippen molar-refractivity contribution >= 4 is 42.3 Å². The van der Waals surface area contributed by atoms with Crippen LogP contribution in [0.4, 0.5) is 0 Å². The van der Waals surface area contributed by atoms with Crippen molar-refractivity contribution in [3.8, 4) is 0 Å². The molecule has 2 aliphatic carbocycles. The number of nitrogens with zero attached hydrogens (tertiary/aromatic N) is 2. The number of halogens is 3. The molecule has 1 aliphatic heterocycles. The van der Waals surface area contributed by atoms with Gasteiger partial charge in [0.15, 0.2) is 0 Å². The van der Waals surface area contributed by atoms with Gasteiger partial charge in [0, 0.05) is 49.2 Å². The summed E-state index contributed by atoms with van der Waals surface area (Å²) in [6.45, 7) is 5.80. The molecule has 2 N–H and O–H groups in total. The molecule has 2 bridgehead atoms. The number of carbonyl (C=O) groups is 1. The highest BCUT2D eigenvalue weighted by molar-refractivity contribution is 6.30. The van der Waals surface area contributed by atoms with Gasteiger partial charge in [0.05, 0.1) is 0 Å². The van der Waals surface area contributed by atoms with Crippen LogP contribution in [0.1, 0.15) is 50.6 Å². The minimum absolute atomic E-state index is 0. The summed E-state index contributed by atoms with van der Waals surface area (Å²) in [7, 11) is 0. The summed E-state index contributed by atoms with van der Waals surface area (Å²) in [5.74, 6) is 1.73. The lowest BCUT2D eigenvalue weighted by molar-refractivity contribution is -0.140. The van der Waals surface area contributed by atoms with E-state index in [-0.39, 0.29) is 30.7 Å². The fourth-order valence-electron chi connectivity index (χ4n) is 5.53. The Hall–Kier alpha value is -0.520. The number of amides is 1. The Labute approximate surface area is 192 Å². The minimum atomic E-state index is 0. The molecule has 3 atom stereocenters. The molecule has 1 aromatic carbocycles. The van der Waals surface area contributed by atoms with Crippen LogP contribution < -0.4 is 5.73 Å². The first-order chi connectivity index (χ1) is 13.0. The number of hydrogen-bond acceptors (Lipinski definition) is 3. The monoisotopic (exact) mass is 461 g/mol. The second-order valence-electron chi connectivity index (χ2n) is 8.79. The summed E-state index contributed by atoms with van der Waals surface area (Å²) in [5.41, 5.74) is 7.69.